The molecule has 0 aliphatic carbocycles. The first-order valence-corrected chi connectivity index (χ1v) is 12.4. The zero-order chi connectivity index (χ0) is 23.2. The number of ether oxygens (including phenoxy) is 1. The molecule has 8 heteroatoms. The summed E-state index contributed by atoms with van der Waals surface area (Å²) in [6, 6.07) is 15.7. The van der Waals surface area contributed by atoms with Gasteiger partial charge in [-0.05, 0) is 36.1 Å². The molecule has 6 nitrogen and oxygen atoms in total. The van der Waals surface area contributed by atoms with Gasteiger partial charge in [-0.3, -0.25) is 14.5 Å². The highest BCUT2D eigenvalue weighted by molar-refractivity contribution is 8.00. The predicted octanol–water partition coefficient (Wildman–Crippen LogP) is 4.98. The van der Waals surface area contributed by atoms with E-state index in [-0.39, 0.29) is 18.5 Å². The van der Waals surface area contributed by atoms with Gasteiger partial charge in [0, 0.05) is 48.4 Å². The minimum Gasteiger partial charge on any atom is -0.461 e. The van der Waals surface area contributed by atoms with Gasteiger partial charge >= 0.3 is 5.97 Å². The molecular formula is C25H27ClN2O4S. The lowest BCUT2D eigenvalue weighted by Gasteiger charge is -2.21. The third-order valence-corrected chi connectivity index (χ3v) is 6.98. The number of esters is 1. The molecule has 0 bridgehead atoms. The Morgan fingerprint density at radius 1 is 1.03 bits per heavy atom. The van der Waals surface area contributed by atoms with Gasteiger partial charge in [-0.15, -0.1) is 11.8 Å². The summed E-state index contributed by atoms with van der Waals surface area (Å²) < 4.78 is 10.7. The number of fused-ring (bicyclic) bond motifs is 1. The lowest BCUT2D eigenvalue weighted by atomic mass is 10.1. The molecule has 33 heavy (non-hydrogen) atoms. The van der Waals surface area contributed by atoms with Gasteiger partial charge in [0.25, 0.3) is 0 Å². The molecule has 2 heterocycles. The molecular weight excluding hydrogens is 460 g/mol. The van der Waals surface area contributed by atoms with Crippen molar-refractivity contribution in [2.75, 3.05) is 31.9 Å². The van der Waals surface area contributed by atoms with Crippen LogP contribution in [-0.4, -0.2) is 53.6 Å². The summed E-state index contributed by atoms with van der Waals surface area (Å²) in [5.74, 6) is 1.68. The Kier molecular flexibility index (Phi) is 7.96. The van der Waals surface area contributed by atoms with Gasteiger partial charge in [0.2, 0.25) is 5.91 Å². The molecule has 0 radical (unpaired) electrons. The monoisotopic (exact) mass is 486 g/mol. The third-order valence-electron chi connectivity index (χ3n) is 5.62. The Morgan fingerprint density at radius 3 is 2.64 bits per heavy atom. The van der Waals surface area contributed by atoms with Gasteiger partial charge in [-0.2, -0.15) is 0 Å². The van der Waals surface area contributed by atoms with Crippen molar-refractivity contribution in [2.45, 2.75) is 31.4 Å². The van der Waals surface area contributed by atoms with E-state index in [2.05, 4.69) is 4.90 Å². The van der Waals surface area contributed by atoms with Crippen molar-refractivity contribution in [3.05, 3.63) is 65.1 Å². The van der Waals surface area contributed by atoms with Crippen molar-refractivity contribution in [1.29, 1.82) is 0 Å². The van der Waals surface area contributed by atoms with Crippen LogP contribution in [0.15, 0.2) is 57.8 Å². The number of hydrogen-bond donors (Lipinski definition) is 0. The highest BCUT2D eigenvalue weighted by Crippen LogP contribution is 2.33. The van der Waals surface area contributed by atoms with Crippen molar-refractivity contribution < 1.29 is 18.7 Å². The normalized spacial score (nSPS) is 14.9. The van der Waals surface area contributed by atoms with Crippen LogP contribution in [0.1, 0.15) is 24.9 Å². The Labute approximate surface area is 202 Å². The maximum absolute atomic E-state index is 12.9. The summed E-state index contributed by atoms with van der Waals surface area (Å²) in [5, 5.41) is 2.80. The van der Waals surface area contributed by atoms with E-state index >= 15 is 0 Å². The number of thioether (sulfide) groups is 1. The maximum Gasteiger partial charge on any atom is 0.303 e. The van der Waals surface area contributed by atoms with E-state index in [4.69, 9.17) is 20.8 Å². The molecule has 0 saturated carbocycles. The standard InChI is InChI=1S/C25H27ClN2O4S/c1-18(29)31-16-21-10-9-20(32-21)15-27-11-4-12-28(14-13-27)24(30)17-33-23-8-3-6-19-5-2-7-22(26)25(19)23/h2-3,5-10H,4,11-17H2,1H3. The van der Waals surface area contributed by atoms with Crippen LogP contribution in [0, 0.1) is 0 Å². The number of furan rings is 1. The largest absolute Gasteiger partial charge is 0.461 e. The van der Waals surface area contributed by atoms with Crippen LogP contribution in [0.25, 0.3) is 10.8 Å². The second kappa shape index (κ2) is 11.1. The van der Waals surface area contributed by atoms with E-state index in [1.54, 1.807) is 11.8 Å². The van der Waals surface area contributed by atoms with Crippen molar-refractivity contribution in [3.63, 3.8) is 0 Å². The summed E-state index contributed by atoms with van der Waals surface area (Å²) in [5.41, 5.74) is 0. The topological polar surface area (TPSA) is 63.0 Å². The average molecular weight is 487 g/mol. The number of nitrogens with zero attached hydrogens (tertiary/aromatic N) is 2. The van der Waals surface area contributed by atoms with E-state index in [1.165, 1.54) is 6.92 Å². The number of rotatable bonds is 7. The molecule has 0 spiro atoms. The minimum absolute atomic E-state index is 0.146. The summed E-state index contributed by atoms with van der Waals surface area (Å²) in [6.07, 6.45) is 0.914. The first-order chi connectivity index (χ1) is 16.0. The van der Waals surface area contributed by atoms with Crippen molar-refractivity contribution in [1.82, 2.24) is 9.80 Å². The number of amides is 1. The molecule has 0 N–H and O–H groups in total. The first-order valence-electron chi connectivity index (χ1n) is 11.0. The highest BCUT2D eigenvalue weighted by Gasteiger charge is 2.20. The molecule has 1 amide bonds. The van der Waals surface area contributed by atoms with E-state index in [9.17, 15) is 9.59 Å². The molecule has 1 aliphatic heterocycles. The molecule has 1 saturated heterocycles. The van der Waals surface area contributed by atoms with Crippen LogP contribution in [0.3, 0.4) is 0 Å². The van der Waals surface area contributed by atoms with Crippen LogP contribution < -0.4 is 0 Å². The molecule has 1 aliphatic rings. The predicted molar refractivity (Wildman–Crippen MR) is 130 cm³/mol. The molecule has 174 valence electrons. The Balaban J connectivity index is 1.29. The second-order valence-corrected chi connectivity index (χ2v) is 9.47. The summed E-state index contributed by atoms with van der Waals surface area (Å²) in [7, 11) is 0. The summed E-state index contributed by atoms with van der Waals surface area (Å²) in [6.45, 7) is 5.33. The van der Waals surface area contributed by atoms with Crippen LogP contribution in [-0.2, 0) is 27.5 Å². The first kappa shape index (κ1) is 23.7. The molecule has 1 aromatic heterocycles. The third kappa shape index (κ3) is 6.31. The van der Waals surface area contributed by atoms with Gasteiger partial charge < -0.3 is 14.1 Å². The molecule has 1 fully saturated rings. The molecule has 2 aromatic carbocycles. The number of carbonyl (C=O) groups excluding carboxylic acids is 2. The quantitative estimate of drug-likeness (QED) is 0.347. The lowest BCUT2D eigenvalue weighted by Crippen LogP contribution is -2.36. The van der Waals surface area contributed by atoms with Crippen molar-refractivity contribution in [3.8, 4) is 0 Å². The fourth-order valence-corrected chi connectivity index (χ4v) is 5.32. The maximum atomic E-state index is 12.9. The van der Waals surface area contributed by atoms with Gasteiger partial charge in [0.15, 0.2) is 0 Å². The number of halogens is 1. The van der Waals surface area contributed by atoms with Crippen LogP contribution >= 0.6 is 23.4 Å². The SMILES string of the molecule is CC(=O)OCc1ccc(CN2CCCN(C(=O)CSc3cccc4cccc(Cl)c34)CC2)o1. The van der Waals surface area contributed by atoms with E-state index in [0.717, 1.165) is 47.5 Å². The summed E-state index contributed by atoms with van der Waals surface area (Å²) >= 11 is 7.96. The fourth-order valence-electron chi connectivity index (χ4n) is 3.97. The molecule has 0 atom stereocenters. The van der Waals surface area contributed by atoms with Gasteiger partial charge in [-0.25, -0.2) is 0 Å². The van der Waals surface area contributed by atoms with Crippen LogP contribution in [0.4, 0.5) is 0 Å². The van der Waals surface area contributed by atoms with Gasteiger partial charge in [-0.1, -0.05) is 35.9 Å². The highest BCUT2D eigenvalue weighted by atomic mass is 35.5. The average Bonchev–Trinajstić information content (AvgIpc) is 3.12. The van der Waals surface area contributed by atoms with E-state index in [0.29, 0.717) is 29.6 Å². The van der Waals surface area contributed by atoms with Gasteiger partial charge in [0.1, 0.15) is 18.1 Å². The Bertz CT molecular complexity index is 1130. The number of carbonyl (C=O) groups is 2. The Hall–Kier alpha value is -2.48. The minimum atomic E-state index is -0.327. The summed E-state index contributed by atoms with van der Waals surface area (Å²) in [4.78, 5) is 29.2. The lowest BCUT2D eigenvalue weighted by molar-refractivity contribution is -0.142. The second-order valence-electron chi connectivity index (χ2n) is 8.04. The fraction of sp³-hybridized carbons (Fsp3) is 0.360. The molecule has 4 rings (SSSR count). The number of benzene rings is 2. The molecule has 3 aromatic rings. The zero-order valence-corrected chi connectivity index (χ0v) is 20.2. The van der Waals surface area contributed by atoms with Crippen LogP contribution in [0.5, 0.6) is 0 Å². The van der Waals surface area contributed by atoms with Gasteiger partial charge in [0.05, 0.1) is 12.3 Å². The number of hydrogen-bond acceptors (Lipinski definition) is 6. The molecule has 0 unspecified atom stereocenters. The van der Waals surface area contributed by atoms with E-state index in [1.807, 2.05) is 53.4 Å². The van der Waals surface area contributed by atoms with Crippen molar-refractivity contribution in [2.24, 2.45) is 0 Å². The van der Waals surface area contributed by atoms with Crippen LogP contribution in [0.2, 0.25) is 5.02 Å². The van der Waals surface area contributed by atoms with Crippen molar-refractivity contribution >= 4 is 46.0 Å². The Morgan fingerprint density at radius 2 is 1.82 bits per heavy atom. The van der Waals surface area contributed by atoms with E-state index < -0.39 is 0 Å². The smallest absolute Gasteiger partial charge is 0.303 e. The zero-order valence-electron chi connectivity index (χ0n) is 18.6.